The van der Waals surface area contributed by atoms with Crippen molar-refractivity contribution in [1.29, 1.82) is 0 Å². The molecule has 0 heterocycles. The highest BCUT2D eigenvalue weighted by Gasteiger charge is 2.30. The normalized spacial score (nSPS) is 14.7. The second kappa shape index (κ2) is 8.78. The molecule has 154 valence electrons. The van der Waals surface area contributed by atoms with Gasteiger partial charge in [-0.2, -0.15) is 13.2 Å². The van der Waals surface area contributed by atoms with Crippen LogP contribution in [-0.4, -0.2) is 21.5 Å². The molecule has 4 N–H and O–H groups in total. The highest BCUT2D eigenvalue weighted by atomic mass is 35.5. The molecule has 1 unspecified atom stereocenters. The van der Waals surface area contributed by atoms with Gasteiger partial charge in [0.1, 0.15) is 0 Å². The summed E-state index contributed by atoms with van der Waals surface area (Å²) in [5, 5.41) is 0.420. The van der Waals surface area contributed by atoms with Crippen LogP contribution in [0.1, 0.15) is 24.5 Å². The largest absolute Gasteiger partial charge is 0.416 e. The summed E-state index contributed by atoms with van der Waals surface area (Å²) in [6.45, 7) is 1.57. The first-order valence-electron chi connectivity index (χ1n) is 8.22. The number of alkyl halides is 3. The van der Waals surface area contributed by atoms with Crippen LogP contribution < -0.4 is 5.73 Å². The lowest BCUT2D eigenvalue weighted by molar-refractivity contribution is -0.137. The Balaban J connectivity index is 2.07. The summed E-state index contributed by atoms with van der Waals surface area (Å²) in [4.78, 5) is 19.3. The van der Waals surface area contributed by atoms with Crippen molar-refractivity contribution in [2.45, 2.75) is 41.3 Å². The van der Waals surface area contributed by atoms with Crippen molar-refractivity contribution in [2.24, 2.45) is 5.73 Å². The molecule has 4 nitrogen and oxygen atoms in total. The van der Waals surface area contributed by atoms with Gasteiger partial charge in [0.15, 0.2) is 0 Å². The van der Waals surface area contributed by atoms with E-state index in [-0.39, 0.29) is 0 Å². The Kier molecular flexibility index (Phi) is 7.29. The maximum atomic E-state index is 12.8. The molecule has 0 saturated carbocycles. The first-order chi connectivity index (χ1) is 12.8. The van der Waals surface area contributed by atoms with Crippen LogP contribution in [0.15, 0.2) is 52.3 Å². The van der Waals surface area contributed by atoms with Crippen molar-refractivity contribution in [2.75, 3.05) is 6.16 Å². The third kappa shape index (κ3) is 7.43. The van der Waals surface area contributed by atoms with E-state index in [2.05, 4.69) is 0 Å². The van der Waals surface area contributed by atoms with E-state index in [4.69, 9.17) is 27.1 Å². The van der Waals surface area contributed by atoms with Crippen LogP contribution in [0.3, 0.4) is 0 Å². The van der Waals surface area contributed by atoms with Crippen LogP contribution in [0.2, 0.25) is 5.02 Å². The average molecular weight is 454 g/mol. The van der Waals surface area contributed by atoms with Crippen molar-refractivity contribution < 1.29 is 27.5 Å². The van der Waals surface area contributed by atoms with Gasteiger partial charge in [0.2, 0.25) is 0 Å². The fourth-order valence-corrected chi connectivity index (χ4v) is 4.99. The molecule has 10 heteroatoms. The third-order valence-corrected chi connectivity index (χ3v) is 6.42. The van der Waals surface area contributed by atoms with Crippen molar-refractivity contribution in [1.82, 2.24) is 0 Å². The van der Waals surface area contributed by atoms with Crippen LogP contribution in [0, 0.1) is 0 Å². The van der Waals surface area contributed by atoms with E-state index in [0.29, 0.717) is 27.7 Å². The van der Waals surface area contributed by atoms with E-state index in [1.54, 1.807) is 31.2 Å². The summed E-state index contributed by atoms with van der Waals surface area (Å²) < 4.78 is 49.6. The van der Waals surface area contributed by atoms with Gasteiger partial charge >= 0.3 is 13.8 Å². The Bertz CT molecular complexity index is 887. The first kappa shape index (κ1) is 23.3. The summed E-state index contributed by atoms with van der Waals surface area (Å²) in [5.74, 6) is 0. The van der Waals surface area contributed by atoms with E-state index in [1.807, 2.05) is 0 Å². The van der Waals surface area contributed by atoms with Crippen LogP contribution in [0.25, 0.3) is 0 Å². The number of halogens is 4. The summed E-state index contributed by atoms with van der Waals surface area (Å²) in [6.07, 6.45) is -4.10. The fourth-order valence-electron chi connectivity index (χ4n) is 2.64. The second-order valence-corrected chi connectivity index (χ2v) is 10.1. The van der Waals surface area contributed by atoms with Gasteiger partial charge in [-0.25, -0.2) is 0 Å². The number of rotatable bonds is 7. The van der Waals surface area contributed by atoms with E-state index in [9.17, 15) is 17.7 Å². The molecule has 28 heavy (non-hydrogen) atoms. The number of aryl methyl sites for hydroxylation is 1. The van der Waals surface area contributed by atoms with Gasteiger partial charge in [0, 0.05) is 20.4 Å². The Morgan fingerprint density at radius 1 is 1.14 bits per heavy atom. The van der Waals surface area contributed by atoms with Gasteiger partial charge in [0.05, 0.1) is 11.7 Å². The molecule has 2 aromatic rings. The SMILES string of the molecule is CC(N)(CCc1ccc(Sc2cccc(C(F)(F)F)c2)cc1Cl)CP(=O)(O)O. The van der Waals surface area contributed by atoms with Crippen molar-refractivity contribution in [3.05, 3.63) is 58.6 Å². The van der Waals surface area contributed by atoms with Gasteiger partial charge in [0.25, 0.3) is 0 Å². The molecule has 0 radical (unpaired) electrons. The third-order valence-electron chi connectivity index (χ3n) is 3.95. The summed E-state index contributed by atoms with van der Waals surface area (Å²) in [7, 11) is -4.22. The Morgan fingerprint density at radius 3 is 2.36 bits per heavy atom. The molecule has 0 bridgehead atoms. The van der Waals surface area contributed by atoms with Gasteiger partial charge in [-0.1, -0.05) is 35.5 Å². The minimum Gasteiger partial charge on any atom is -0.325 e. The molecule has 0 saturated heterocycles. The highest BCUT2D eigenvalue weighted by molar-refractivity contribution is 7.99. The molecular weight excluding hydrogens is 434 g/mol. The Labute approximate surface area is 170 Å². The van der Waals surface area contributed by atoms with Crippen molar-refractivity contribution in [3.8, 4) is 0 Å². The van der Waals surface area contributed by atoms with Crippen LogP contribution in [0.5, 0.6) is 0 Å². The summed E-state index contributed by atoms with van der Waals surface area (Å²) in [5.41, 5.74) is 4.94. The van der Waals surface area contributed by atoms with E-state index < -0.39 is 31.0 Å². The van der Waals surface area contributed by atoms with Crippen LogP contribution in [-0.2, 0) is 17.2 Å². The molecule has 0 aliphatic rings. The maximum absolute atomic E-state index is 12.8. The van der Waals surface area contributed by atoms with Crippen molar-refractivity contribution >= 4 is 31.0 Å². The predicted molar refractivity (Wildman–Crippen MR) is 105 cm³/mol. The lowest BCUT2D eigenvalue weighted by Crippen LogP contribution is -2.40. The highest BCUT2D eigenvalue weighted by Crippen LogP contribution is 2.39. The standard InChI is InChI=1S/C18H20ClF3NO3PS/c1-17(23,11-27(24,25)26)8-7-12-5-6-15(10-16(12)19)28-14-4-2-3-13(9-14)18(20,21)22/h2-6,9-10H,7-8,11,23H2,1H3,(H2,24,25,26). The monoisotopic (exact) mass is 453 g/mol. The van der Waals surface area contributed by atoms with Crippen LogP contribution in [0.4, 0.5) is 13.2 Å². The molecule has 1 atom stereocenters. The molecule has 2 aromatic carbocycles. The average Bonchev–Trinajstić information content (AvgIpc) is 2.51. The molecule has 0 fully saturated rings. The molecule has 0 aliphatic carbocycles. The number of benzene rings is 2. The lowest BCUT2D eigenvalue weighted by atomic mass is 9.96. The van der Waals surface area contributed by atoms with Gasteiger partial charge in [-0.05, 0) is 55.7 Å². The molecular formula is C18H20ClF3NO3PS. The van der Waals surface area contributed by atoms with Crippen molar-refractivity contribution in [3.63, 3.8) is 0 Å². The lowest BCUT2D eigenvalue weighted by Gasteiger charge is -2.25. The Hall–Kier alpha value is -1.02. The number of nitrogens with two attached hydrogens (primary N) is 1. The van der Waals surface area contributed by atoms with Gasteiger partial charge < -0.3 is 15.5 Å². The van der Waals surface area contributed by atoms with E-state index in [1.165, 1.54) is 6.07 Å². The number of hydrogen-bond acceptors (Lipinski definition) is 3. The van der Waals surface area contributed by atoms with E-state index >= 15 is 0 Å². The zero-order chi connectivity index (χ0) is 21.2. The van der Waals surface area contributed by atoms with E-state index in [0.717, 1.165) is 29.5 Å². The zero-order valence-corrected chi connectivity index (χ0v) is 17.4. The fraction of sp³-hybridized carbons (Fsp3) is 0.333. The summed E-state index contributed by atoms with van der Waals surface area (Å²) >= 11 is 7.43. The quantitative estimate of drug-likeness (QED) is 0.493. The minimum atomic E-state index is -4.40. The van der Waals surface area contributed by atoms with Gasteiger partial charge in [-0.15, -0.1) is 0 Å². The summed E-state index contributed by atoms with van der Waals surface area (Å²) in [6, 6.07) is 10.2. The maximum Gasteiger partial charge on any atom is 0.416 e. The predicted octanol–water partition coefficient (Wildman–Crippen LogP) is 5.34. The molecule has 0 aliphatic heterocycles. The number of hydrogen-bond donors (Lipinski definition) is 3. The molecule has 0 spiro atoms. The van der Waals surface area contributed by atoms with Crippen LogP contribution >= 0.6 is 31.0 Å². The topological polar surface area (TPSA) is 83.6 Å². The van der Waals surface area contributed by atoms with Gasteiger partial charge in [-0.3, -0.25) is 4.57 Å². The molecule has 0 amide bonds. The second-order valence-electron chi connectivity index (χ2n) is 6.86. The Morgan fingerprint density at radius 2 is 1.79 bits per heavy atom. The minimum absolute atomic E-state index is 0.317. The first-order valence-corrected chi connectivity index (χ1v) is 11.2. The smallest absolute Gasteiger partial charge is 0.325 e. The molecule has 2 rings (SSSR count). The molecule has 0 aromatic heterocycles. The zero-order valence-electron chi connectivity index (χ0n) is 14.9.